The molecule has 0 amide bonds. The number of thioether (sulfide) groups is 1. The zero-order valence-electron chi connectivity index (χ0n) is 11.8. The van der Waals surface area contributed by atoms with Gasteiger partial charge >= 0.3 is 0 Å². The number of aryl methyl sites for hydroxylation is 1. The molecule has 3 nitrogen and oxygen atoms in total. The molecule has 18 heavy (non-hydrogen) atoms. The van der Waals surface area contributed by atoms with Crippen molar-refractivity contribution in [2.24, 2.45) is 5.92 Å². The summed E-state index contributed by atoms with van der Waals surface area (Å²) in [7, 11) is 1.72. The average Bonchev–Trinajstić information content (AvgIpc) is 2.33. The maximum absolute atomic E-state index is 5.00. The quantitative estimate of drug-likeness (QED) is 0.581. The molecule has 0 aliphatic carbocycles. The van der Waals surface area contributed by atoms with Crippen LogP contribution in [0.3, 0.4) is 0 Å². The van der Waals surface area contributed by atoms with Crippen LogP contribution in [-0.4, -0.2) is 31.0 Å². The van der Waals surface area contributed by atoms with Crippen LogP contribution in [0.4, 0.5) is 0 Å². The molecule has 0 aromatic carbocycles. The number of rotatable bonds is 8. The molecule has 0 unspecified atom stereocenters. The second-order valence-corrected chi connectivity index (χ2v) is 5.85. The predicted molar refractivity (Wildman–Crippen MR) is 78.1 cm³/mol. The van der Waals surface area contributed by atoms with Gasteiger partial charge in [0.05, 0.1) is 11.6 Å². The van der Waals surface area contributed by atoms with Crippen LogP contribution in [0.15, 0.2) is 17.3 Å². The summed E-state index contributed by atoms with van der Waals surface area (Å²) in [4.78, 5) is 4.54. The average molecular weight is 268 g/mol. The summed E-state index contributed by atoms with van der Waals surface area (Å²) in [5.74, 6) is 1.82. The fourth-order valence-corrected chi connectivity index (χ4v) is 2.43. The Labute approximate surface area is 115 Å². The molecule has 1 N–H and O–H groups in total. The number of nitrogens with zero attached hydrogens (tertiary/aromatic N) is 1. The van der Waals surface area contributed by atoms with E-state index in [-0.39, 0.29) is 0 Å². The minimum Gasteiger partial charge on any atom is -0.383 e. The first-order valence-electron chi connectivity index (χ1n) is 6.41. The van der Waals surface area contributed by atoms with E-state index in [1.807, 2.05) is 18.0 Å². The topological polar surface area (TPSA) is 34.1 Å². The highest BCUT2D eigenvalue weighted by atomic mass is 32.2. The van der Waals surface area contributed by atoms with Crippen molar-refractivity contribution in [3.63, 3.8) is 0 Å². The van der Waals surface area contributed by atoms with Crippen LogP contribution in [-0.2, 0) is 11.3 Å². The van der Waals surface area contributed by atoms with E-state index in [2.05, 4.69) is 37.1 Å². The third-order valence-electron chi connectivity index (χ3n) is 2.45. The third-order valence-corrected chi connectivity index (χ3v) is 3.99. The standard InChI is InChI=1S/C14H24N2OS/c1-11(2)10-18-14-12(3)7-13(9-16-14)8-15-5-6-17-4/h7,9,11,15H,5-6,8,10H2,1-4H3. The van der Waals surface area contributed by atoms with E-state index >= 15 is 0 Å². The first-order chi connectivity index (χ1) is 8.63. The lowest BCUT2D eigenvalue weighted by Gasteiger charge is -2.09. The molecule has 1 aromatic heterocycles. The van der Waals surface area contributed by atoms with Crippen molar-refractivity contribution in [1.82, 2.24) is 10.3 Å². The van der Waals surface area contributed by atoms with E-state index in [0.29, 0.717) is 5.92 Å². The zero-order chi connectivity index (χ0) is 13.4. The molecule has 0 atom stereocenters. The van der Waals surface area contributed by atoms with E-state index in [4.69, 9.17) is 4.74 Å². The van der Waals surface area contributed by atoms with Gasteiger partial charge in [0.25, 0.3) is 0 Å². The smallest absolute Gasteiger partial charge is 0.0989 e. The van der Waals surface area contributed by atoms with Crippen molar-refractivity contribution in [1.29, 1.82) is 0 Å². The predicted octanol–water partition coefficient (Wildman–Crippen LogP) is 2.87. The number of methoxy groups -OCH3 is 1. The van der Waals surface area contributed by atoms with Gasteiger partial charge in [-0.05, 0) is 24.0 Å². The van der Waals surface area contributed by atoms with Crippen molar-refractivity contribution < 1.29 is 4.74 Å². The van der Waals surface area contributed by atoms with Gasteiger partial charge in [-0.15, -0.1) is 11.8 Å². The van der Waals surface area contributed by atoms with E-state index in [1.54, 1.807) is 7.11 Å². The second-order valence-electron chi connectivity index (χ2n) is 4.84. The SMILES string of the molecule is COCCNCc1cnc(SCC(C)C)c(C)c1. The number of hydrogen-bond donors (Lipinski definition) is 1. The Morgan fingerprint density at radius 1 is 1.44 bits per heavy atom. The second kappa shape index (κ2) is 8.51. The molecule has 0 bridgehead atoms. The maximum Gasteiger partial charge on any atom is 0.0989 e. The normalized spacial score (nSPS) is 11.2. The molecular formula is C14H24N2OS. The lowest BCUT2D eigenvalue weighted by molar-refractivity contribution is 0.199. The van der Waals surface area contributed by atoms with Crippen molar-refractivity contribution >= 4 is 11.8 Å². The lowest BCUT2D eigenvalue weighted by atomic mass is 10.2. The van der Waals surface area contributed by atoms with E-state index in [0.717, 1.165) is 30.5 Å². The van der Waals surface area contributed by atoms with Crippen LogP contribution in [0.25, 0.3) is 0 Å². The zero-order valence-corrected chi connectivity index (χ0v) is 12.6. The van der Waals surface area contributed by atoms with E-state index in [1.165, 1.54) is 11.1 Å². The molecule has 1 rings (SSSR count). The molecule has 0 saturated heterocycles. The molecule has 1 aromatic rings. The van der Waals surface area contributed by atoms with Gasteiger partial charge in [-0.3, -0.25) is 0 Å². The summed E-state index contributed by atoms with van der Waals surface area (Å²) < 4.78 is 5.00. The monoisotopic (exact) mass is 268 g/mol. The molecule has 0 aliphatic rings. The molecular weight excluding hydrogens is 244 g/mol. The summed E-state index contributed by atoms with van der Waals surface area (Å²) in [6, 6.07) is 2.22. The Balaban J connectivity index is 2.46. The molecule has 0 spiro atoms. The van der Waals surface area contributed by atoms with Gasteiger partial charge < -0.3 is 10.1 Å². The highest BCUT2D eigenvalue weighted by Gasteiger charge is 2.04. The molecule has 4 heteroatoms. The van der Waals surface area contributed by atoms with Crippen molar-refractivity contribution in [2.45, 2.75) is 32.3 Å². The minimum absolute atomic E-state index is 0.701. The molecule has 0 aliphatic heterocycles. The van der Waals surface area contributed by atoms with Gasteiger partial charge in [-0.1, -0.05) is 19.9 Å². The van der Waals surface area contributed by atoms with Gasteiger partial charge in [-0.25, -0.2) is 4.98 Å². The van der Waals surface area contributed by atoms with Crippen LogP contribution in [0.5, 0.6) is 0 Å². The van der Waals surface area contributed by atoms with Crippen LogP contribution in [0.1, 0.15) is 25.0 Å². The number of ether oxygens (including phenoxy) is 1. The number of pyridine rings is 1. The van der Waals surface area contributed by atoms with Gasteiger partial charge in [0, 0.05) is 32.1 Å². The largest absolute Gasteiger partial charge is 0.383 e. The molecule has 0 fully saturated rings. The van der Waals surface area contributed by atoms with Gasteiger partial charge in [0.2, 0.25) is 0 Å². The first-order valence-corrected chi connectivity index (χ1v) is 7.40. The summed E-state index contributed by atoms with van der Waals surface area (Å²) in [5.41, 5.74) is 2.50. The lowest BCUT2D eigenvalue weighted by Crippen LogP contribution is -2.18. The van der Waals surface area contributed by atoms with Crippen molar-refractivity contribution in [2.75, 3.05) is 26.0 Å². The maximum atomic E-state index is 5.00. The highest BCUT2D eigenvalue weighted by Crippen LogP contribution is 2.22. The molecule has 102 valence electrons. The Morgan fingerprint density at radius 2 is 2.22 bits per heavy atom. The third kappa shape index (κ3) is 5.85. The summed E-state index contributed by atoms with van der Waals surface area (Å²) in [5, 5.41) is 4.48. The van der Waals surface area contributed by atoms with Gasteiger partial charge in [-0.2, -0.15) is 0 Å². The molecule has 0 saturated carbocycles. The van der Waals surface area contributed by atoms with E-state index < -0.39 is 0 Å². The van der Waals surface area contributed by atoms with Crippen LogP contribution in [0.2, 0.25) is 0 Å². The molecule has 0 radical (unpaired) electrons. The highest BCUT2D eigenvalue weighted by molar-refractivity contribution is 7.99. The minimum atomic E-state index is 0.701. The fourth-order valence-electron chi connectivity index (χ4n) is 1.52. The van der Waals surface area contributed by atoms with Crippen LogP contribution in [0, 0.1) is 12.8 Å². The van der Waals surface area contributed by atoms with Crippen molar-refractivity contribution in [3.8, 4) is 0 Å². The van der Waals surface area contributed by atoms with Crippen molar-refractivity contribution in [3.05, 3.63) is 23.4 Å². The Bertz CT molecular complexity index is 356. The first kappa shape index (κ1) is 15.5. The van der Waals surface area contributed by atoms with Gasteiger partial charge in [0.1, 0.15) is 0 Å². The summed E-state index contributed by atoms with van der Waals surface area (Å²) in [6.45, 7) is 9.07. The number of aromatic nitrogens is 1. The Kier molecular flexibility index (Phi) is 7.32. The van der Waals surface area contributed by atoms with Crippen LogP contribution >= 0.6 is 11.8 Å². The number of hydrogen-bond acceptors (Lipinski definition) is 4. The number of nitrogens with one attached hydrogen (secondary N) is 1. The van der Waals surface area contributed by atoms with Crippen LogP contribution < -0.4 is 5.32 Å². The Morgan fingerprint density at radius 3 is 2.83 bits per heavy atom. The van der Waals surface area contributed by atoms with Gasteiger partial charge in [0.15, 0.2) is 0 Å². The molecule has 1 heterocycles. The summed E-state index contributed by atoms with van der Waals surface area (Å²) in [6.07, 6.45) is 1.97. The van der Waals surface area contributed by atoms with E-state index in [9.17, 15) is 0 Å². The Hall–Kier alpha value is -0.580. The fraction of sp³-hybridized carbons (Fsp3) is 0.643. The summed E-state index contributed by atoms with van der Waals surface area (Å²) >= 11 is 1.84.